The molecule has 4 N–H and O–H groups in total. The highest BCUT2D eigenvalue weighted by Gasteiger charge is 2.24. The van der Waals surface area contributed by atoms with Crippen LogP contribution in [0.3, 0.4) is 0 Å². The first kappa shape index (κ1) is 28.3. The fourth-order valence-corrected chi connectivity index (χ4v) is 5.02. The molecule has 1 aliphatic carbocycles. The number of carbonyl (C=O) groups is 2. The number of nitrogens with zero attached hydrogens (tertiary/aromatic N) is 1. The van der Waals surface area contributed by atoms with Gasteiger partial charge in [0.1, 0.15) is 5.75 Å². The van der Waals surface area contributed by atoms with E-state index in [2.05, 4.69) is 46.8 Å². The number of nitrogens with one attached hydrogen (secondary N) is 2. The molecule has 0 saturated heterocycles. The van der Waals surface area contributed by atoms with Crippen LogP contribution in [0.1, 0.15) is 52.7 Å². The van der Waals surface area contributed by atoms with Crippen molar-refractivity contribution in [2.45, 2.75) is 57.2 Å². The van der Waals surface area contributed by atoms with Crippen LogP contribution in [-0.2, 0) is 24.2 Å². The van der Waals surface area contributed by atoms with Crippen molar-refractivity contribution in [1.29, 1.82) is 0 Å². The Labute approximate surface area is 231 Å². The second kappa shape index (κ2) is 13.9. The molecule has 0 aliphatic heterocycles. The molecule has 7 heteroatoms. The molecule has 2 amide bonds. The summed E-state index contributed by atoms with van der Waals surface area (Å²) in [6.45, 7) is 1.51. The smallest absolute Gasteiger partial charge is 0.251 e. The van der Waals surface area contributed by atoms with E-state index in [1.165, 1.54) is 5.56 Å². The normalized spacial score (nSPS) is 17.0. The third kappa shape index (κ3) is 8.40. The maximum Gasteiger partial charge on any atom is 0.251 e. The van der Waals surface area contributed by atoms with Gasteiger partial charge in [0.25, 0.3) is 5.91 Å². The molecule has 0 bridgehead atoms. The SMILES string of the molecule is COc1ccc(CC(=O)Nc2cc(C(=O)NC3CCCCC3N)ccc2CN(C)CCc2ccccc2)cc1. The highest BCUT2D eigenvalue weighted by molar-refractivity contribution is 5.98. The summed E-state index contributed by atoms with van der Waals surface area (Å²) in [7, 11) is 3.68. The van der Waals surface area contributed by atoms with Gasteiger partial charge in [-0.15, -0.1) is 0 Å². The number of rotatable bonds is 11. The Hall–Kier alpha value is -3.68. The van der Waals surface area contributed by atoms with E-state index < -0.39 is 0 Å². The molecule has 0 heterocycles. The lowest BCUT2D eigenvalue weighted by Crippen LogP contribution is -2.49. The van der Waals surface area contributed by atoms with Crippen molar-refractivity contribution in [3.63, 3.8) is 0 Å². The summed E-state index contributed by atoms with van der Waals surface area (Å²) in [6, 6.07) is 23.4. The van der Waals surface area contributed by atoms with Gasteiger partial charge in [-0.05, 0) is 67.3 Å². The monoisotopic (exact) mass is 528 g/mol. The van der Waals surface area contributed by atoms with Crippen LogP contribution in [0.25, 0.3) is 0 Å². The number of ether oxygens (including phenoxy) is 1. The summed E-state index contributed by atoms with van der Waals surface area (Å²) in [6.07, 6.45) is 5.14. The number of amides is 2. The maximum absolute atomic E-state index is 13.1. The van der Waals surface area contributed by atoms with Gasteiger partial charge in [0.2, 0.25) is 5.91 Å². The molecule has 3 aromatic carbocycles. The van der Waals surface area contributed by atoms with Crippen LogP contribution in [0.4, 0.5) is 5.69 Å². The Morgan fingerprint density at radius 3 is 2.44 bits per heavy atom. The predicted molar refractivity (Wildman–Crippen MR) is 156 cm³/mol. The number of likely N-dealkylation sites (N-methyl/N-ethyl adjacent to an activating group) is 1. The molecular formula is C32H40N4O3. The lowest BCUT2D eigenvalue weighted by atomic mass is 9.91. The molecular weight excluding hydrogens is 488 g/mol. The number of hydrogen-bond donors (Lipinski definition) is 3. The molecule has 3 aromatic rings. The van der Waals surface area contributed by atoms with E-state index >= 15 is 0 Å². The predicted octanol–water partition coefficient (Wildman–Crippen LogP) is 4.55. The second-order valence-electron chi connectivity index (χ2n) is 10.4. The van der Waals surface area contributed by atoms with Crippen LogP contribution < -0.4 is 21.1 Å². The van der Waals surface area contributed by atoms with Crippen molar-refractivity contribution in [2.75, 3.05) is 26.0 Å². The lowest BCUT2D eigenvalue weighted by molar-refractivity contribution is -0.115. The first-order valence-electron chi connectivity index (χ1n) is 13.8. The quantitative estimate of drug-likeness (QED) is 0.339. The first-order chi connectivity index (χ1) is 18.9. The van der Waals surface area contributed by atoms with E-state index in [1.807, 2.05) is 42.5 Å². The Morgan fingerprint density at radius 2 is 1.72 bits per heavy atom. The van der Waals surface area contributed by atoms with Crippen LogP contribution in [0.15, 0.2) is 72.8 Å². The van der Waals surface area contributed by atoms with E-state index in [4.69, 9.17) is 10.5 Å². The Morgan fingerprint density at radius 1 is 0.974 bits per heavy atom. The fraction of sp³-hybridized carbons (Fsp3) is 0.375. The van der Waals surface area contributed by atoms with Gasteiger partial charge in [0, 0.05) is 36.4 Å². The topological polar surface area (TPSA) is 96.7 Å². The average Bonchev–Trinajstić information content (AvgIpc) is 2.95. The van der Waals surface area contributed by atoms with Gasteiger partial charge in [-0.2, -0.15) is 0 Å². The Kier molecular flexibility index (Phi) is 10.1. The van der Waals surface area contributed by atoms with Gasteiger partial charge in [-0.1, -0.05) is 61.4 Å². The fourth-order valence-electron chi connectivity index (χ4n) is 5.02. The van der Waals surface area contributed by atoms with Crippen molar-refractivity contribution in [1.82, 2.24) is 10.2 Å². The van der Waals surface area contributed by atoms with Gasteiger partial charge in [0.05, 0.1) is 13.5 Å². The highest BCUT2D eigenvalue weighted by Crippen LogP contribution is 2.22. The zero-order valence-corrected chi connectivity index (χ0v) is 23.0. The van der Waals surface area contributed by atoms with E-state index in [-0.39, 0.29) is 30.3 Å². The summed E-state index contributed by atoms with van der Waals surface area (Å²) < 4.78 is 5.22. The van der Waals surface area contributed by atoms with Crippen LogP contribution >= 0.6 is 0 Å². The number of nitrogens with two attached hydrogens (primary N) is 1. The number of methoxy groups -OCH3 is 1. The van der Waals surface area contributed by atoms with Gasteiger partial charge in [-0.3, -0.25) is 9.59 Å². The van der Waals surface area contributed by atoms with Gasteiger partial charge in [0.15, 0.2) is 0 Å². The molecule has 1 fully saturated rings. The second-order valence-corrected chi connectivity index (χ2v) is 10.4. The number of carbonyl (C=O) groups excluding carboxylic acids is 2. The molecule has 1 saturated carbocycles. The summed E-state index contributed by atoms with van der Waals surface area (Å²) in [5, 5.41) is 6.19. The summed E-state index contributed by atoms with van der Waals surface area (Å²) in [5.74, 6) is 0.448. The van der Waals surface area contributed by atoms with Crippen LogP contribution in [0.5, 0.6) is 5.75 Å². The molecule has 206 valence electrons. The largest absolute Gasteiger partial charge is 0.497 e. The zero-order chi connectivity index (χ0) is 27.6. The van der Waals surface area contributed by atoms with E-state index in [1.54, 1.807) is 13.2 Å². The zero-order valence-electron chi connectivity index (χ0n) is 23.0. The Bertz CT molecular complexity index is 1230. The number of benzene rings is 3. The maximum atomic E-state index is 13.1. The first-order valence-corrected chi connectivity index (χ1v) is 13.8. The van der Waals surface area contributed by atoms with Gasteiger partial charge in [-0.25, -0.2) is 0 Å². The van der Waals surface area contributed by atoms with E-state index in [9.17, 15) is 9.59 Å². The molecule has 2 atom stereocenters. The van der Waals surface area contributed by atoms with Crippen molar-refractivity contribution in [2.24, 2.45) is 5.73 Å². The van der Waals surface area contributed by atoms with Crippen LogP contribution in [-0.4, -0.2) is 49.5 Å². The molecule has 2 unspecified atom stereocenters. The third-order valence-corrected chi connectivity index (χ3v) is 7.37. The van der Waals surface area contributed by atoms with Crippen molar-refractivity contribution in [3.05, 3.63) is 95.1 Å². The summed E-state index contributed by atoms with van der Waals surface area (Å²) >= 11 is 0. The molecule has 0 aromatic heterocycles. The lowest BCUT2D eigenvalue weighted by Gasteiger charge is -2.29. The number of anilines is 1. The van der Waals surface area contributed by atoms with Crippen molar-refractivity contribution in [3.8, 4) is 5.75 Å². The van der Waals surface area contributed by atoms with Gasteiger partial charge < -0.3 is 26.0 Å². The third-order valence-electron chi connectivity index (χ3n) is 7.37. The molecule has 7 nitrogen and oxygen atoms in total. The van der Waals surface area contributed by atoms with Crippen molar-refractivity contribution < 1.29 is 14.3 Å². The van der Waals surface area contributed by atoms with Crippen molar-refractivity contribution >= 4 is 17.5 Å². The van der Waals surface area contributed by atoms with Gasteiger partial charge >= 0.3 is 0 Å². The number of hydrogen-bond acceptors (Lipinski definition) is 5. The van der Waals surface area contributed by atoms with Crippen LogP contribution in [0, 0.1) is 0 Å². The Balaban J connectivity index is 1.48. The van der Waals surface area contributed by atoms with E-state index in [0.29, 0.717) is 17.8 Å². The minimum absolute atomic E-state index is 0.0242. The minimum atomic E-state index is -0.160. The summed E-state index contributed by atoms with van der Waals surface area (Å²) in [4.78, 5) is 28.4. The minimum Gasteiger partial charge on any atom is -0.497 e. The standard InChI is InChI=1S/C32H40N4O3/c1-36(19-18-23-8-4-3-5-9-23)22-26-15-14-25(32(38)35-29-11-7-6-10-28(29)33)21-30(26)34-31(37)20-24-12-16-27(39-2)17-13-24/h3-5,8-9,12-17,21,28-29H,6-7,10-11,18-20,22,33H2,1-2H3,(H,34,37)(H,35,38). The summed E-state index contributed by atoms with van der Waals surface area (Å²) in [5.41, 5.74) is 10.6. The molecule has 1 aliphatic rings. The molecule has 0 spiro atoms. The molecule has 4 rings (SSSR count). The average molecular weight is 529 g/mol. The molecule has 39 heavy (non-hydrogen) atoms. The van der Waals surface area contributed by atoms with Crippen LogP contribution in [0.2, 0.25) is 0 Å². The highest BCUT2D eigenvalue weighted by atomic mass is 16.5. The molecule has 0 radical (unpaired) electrons. The van der Waals surface area contributed by atoms with E-state index in [0.717, 1.165) is 55.5 Å².